The molecule has 0 heterocycles. The summed E-state index contributed by atoms with van der Waals surface area (Å²) in [6.07, 6.45) is 0. The van der Waals surface area contributed by atoms with Gasteiger partial charge >= 0.3 is 0 Å². The van der Waals surface area contributed by atoms with Crippen molar-refractivity contribution in [3.05, 3.63) is 64.7 Å². The first-order chi connectivity index (χ1) is 9.60. The van der Waals surface area contributed by atoms with Gasteiger partial charge in [-0.25, -0.2) is 8.78 Å². The third kappa shape index (κ3) is 3.54. The Morgan fingerprint density at radius 3 is 2.40 bits per heavy atom. The molecule has 106 valence electrons. The van der Waals surface area contributed by atoms with Crippen molar-refractivity contribution in [2.75, 3.05) is 7.05 Å². The summed E-state index contributed by atoms with van der Waals surface area (Å²) in [5, 5.41) is 2.97. The first kappa shape index (κ1) is 14.5. The van der Waals surface area contributed by atoms with Gasteiger partial charge in [-0.2, -0.15) is 0 Å². The summed E-state index contributed by atoms with van der Waals surface area (Å²) in [6.45, 7) is 2.69. The SMILES string of the molecule is CNCc1cc(F)ccc1OCc1ccc(F)cc1C. The van der Waals surface area contributed by atoms with Gasteiger partial charge in [-0.1, -0.05) is 6.07 Å². The van der Waals surface area contributed by atoms with E-state index >= 15 is 0 Å². The van der Waals surface area contributed by atoms with Crippen molar-refractivity contribution in [2.45, 2.75) is 20.1 Å². The Labute approximate surface area is 117 Å². The molecule has 1 N–H and O–H groups in total. The Kier molecular flexibility index (Phi) is 4.69. The minimum atomic E-state index is -0.291. The molecule has 0 saturated carbocycles. The standard InChI is InChI=1S/C16H17F2NO/c1-11-7-14(17)4-3-12(11)10-20-16-6-5-15(18)8-13(16)9-19-2/h3-8,19H,9-10H2,1-2H3. The van der Waals surface area contributed by atoms with Gasteiger partial charge in [-0.15, -0.1) is 0 Å². The number of rotatable bonds is 5. The van der Waals surface area contributed by atoms with E-state index in [0.717, 1.165) is 16.7 Å². The van der Waals surface area contributed by atoms with Gasteiger partial charge in [0.15, 0.2) is 0 Å². The van der Waals surface area contributed by atoms with Crippen molar-refractivity contribution in [3.63, 3.8) is 0 Å². The van der Waals surface area contributed by atoms with Gasteiger partial charge in [-0.05, 0) is 55.4 Å². The average Bonchev–Trinajstić information content (AvgIpc) is 2.40. The van der Waals surface area contributed by atoms with E-state index in [2.05, 4.69) is 5.32 Å². The summed E-state index contributed by atoms with van der Waals surface area (Å²) in [5.41, 5.74) is 2.50. The van der Waals surface area contributed by atoms with Crippen molar-refractivity contribution in [1.29, 1.82) is 0 Å². The van der Waals surface area contributed by atoms with Crippen LogP contribution in [0, 0.1) is 18.6 Å². The van der Waals surface area contributed by atoms with Crippen LogP contribution in [0.5, 0.6) is 5.75 Å². The van der Waals surface area contributed by atoms with Gasteiger partial charge in [0.25, 0.3) is 0 Å². The maximum absolute atomic E-state index is 13.2. The normalized spacial score (nSPS) is 10.6. The highest BCUT2D eigenvalue weighted by Crippen LogP contribution is 2.21. The summed E-state index contributed by atoms with van der Waals surface area (Å²) in [6, 6.07) is 9.00. The lowest BCUT2D eigenvalue weighted by Gasteiger charge is -2.13. The van der Waals surface area contributed by atoms with Crippen LogP contribution >= 0.6 is 0 Å². The van der Waals surface area contributed by atoms with E-state index < -0.39 is 0 Å². The van der Waals surface area contributed by atoms with E-state index in [0.29, 0.717) is 18.9 Å². The van der Waals surface area contributed by atoms with Crippen LogP contribution in [0.3, 0.4) is 0 Å². The number of nitrogens with one attached hydrogen (secondary N) is 1. The van der Waals surface area contributed by atoms with Gasteiger partial charge in [0.05, 0.1) is 0 Å². The Hall–Kier alpha value is -1.94. The van der Waals surface area contributed by atoms with E-state index in [-0.39, 0.29) is 11.6 Å². The van der Waals surface area contributed by atoms with Crippen molar-refractivity contribution in [2.24, 2.45) is 0 Å². The Bertz CT molecular complexity index is 599. The molecule has 0 aliphatic rings. The molecule has 2 aromatic rings. The fourth-order valence-electron chi connectivity index (χ4n) is 1.99. The number of hydrogen-bond donors (Lipinski definition) is 1. The van der Waals surface area contributed by atoms with Gasteiger partial charge in [0.1, 0.15) is 24.0 Å². The molecule has 0 atom stereocenters. The van der Waals surface area contributed by atoms with Crippen LogP contribution in [0.15, 0.2) is 36.4 Å². The Morgan fingerprint density at radius 1 is 1.00 bits per heavy atom. The van der Waals surface area contributed by atoms with Crippen LogP contribution < -0.4 is 10.1 Å². The van der Waals surface area contributed by atoms with E-state index in [1.54, 1.807) is 19.2 Å². The predicted octanol–water partition coefficient (Wildman–Crippen LogP) is 3.57. The first-order valence-corrected chi connectivity index (χ1v) is 6.41. The molecule has 0 radical (unpaired) electrons. The van der Waals surface area contributed by atoms with Gasteiger partial charge < -0.3 is 10.1 Å². The van der Waals surface area contributed by atoms with E-state index in [9.17, 15) is 8.78 Å². The average molecular weight is 277 g/mol. The van der Waals surface area contributed by atoms with Crippen molar-refractivity contribution >= 4 is 0 Å². The smallest absolute Gasteiger partial charge is 0.124 e. The highest BCUT2D eigenvalue weighted by Gasteiger charge is 2.07. The number of ether oxygens (including phenoxy) is 1. The van der Waals surface area contributed by atoms with E-state index in [1.165, 1.54) is 24.3 Å². The lowest BCUT2D eigenvalue weighted by atomic mass is 10.1. The zero-order valence-electron chi connectivity index (χ0n) is 11.5. The summed E-state index contributed by atoms with van der Waals surface area (Å²) >= 11 is 0. The third-order valence-electron chi connectivity index (χ3n) is 3.08. The minimum absolute atomic E-state index is 0.260. The molecule has 0 bridgehead atoms. The second-order valence-corrected chi connectivity index (χ2v) is 4.64. The Balaban J connectivity index is 2.14. The van der Waals surface area contributed by atoms with Crippen molar-refractivity contribution in [3.8, 4) is 5.75 Å². The number of halogens is 2. The molecule has 0 amide bonds. The molecule has 2 aromatic carbocycles. The predicted molar refractivity (Wildman–Crippen MR) is 74.6 cm³/mol. The lowest BCUT2D eigenvalue weighted by molar-refractivity contribution is 0.301. The zero-order chi connectivity index (χ0) is 14.5. The van der Waals surface area contributed by atoms with Crippen LogP contribution in [0.2, 0.25) is 0 Å². The monoisotopic (exact) mass is 277 g/mol. The second-order valence-electron chi connectivity index (χ2n) is 4.64. The van der Waals surface area contributed by atoms with Gasteiger partial charge in [0, 0.05) is 12.1 Å². The molecular weight excluding hydrogens is 260 g/mol. The maximum Gasteiger partial charge on any atom is 0.124 e. The number of benzene rings is 2. The van der Waals surface area contributed by atoms with Crippen molar-refractivity contribution in [1.82, 2.24) is 5.32 Å². The first-order valence-electron chi connectivity index (χ1n) is 6.41. The van der Waals surface area contributed by atoms with Crippen LogP contribution in [0.25, 0.3) is 0 Å². The molecule has 2 nitrogen and oxygen atoms in total. The molecule has 2 rings (SSSR count). The summed E-state index contributed by atoms with van der Waals surface area (Å²) in [5.74, 6) is 0.0777. The van der Waals surface area contributed by atoms with Gasteiger partial charge in [0.2, 0.25) is 0 Å². The molecule has 0 fully saturated rings. The quantitative estimate of drug-likeness (QED) is 0.902. The zero-order valence-corrected chi connectivity index (χ0v) is 11.5. The molecule has 0 aliphatic carbocycles. The van der Waals surface area contributed by atoms with Crippen LogP contribution in [-0.2, 0) is 13.2 Å². The molecule has 0 unspecified atom stereocenters. The fourth-order valence-corrected chi connectivity index (χ4v) is 1.99. The lowest BCUT2D eigenvalue weighted by Crippen LogP contribution is -2.08. The summed E-state index contributed by atoms with van der Waals surface area (Å²) < 4.78 is 32.0. The summed E-state index contributed by atoms with van der Waals surface area (Å²) in [7, 11) is 1.79. The molecule has 4 heteroatoms. The van der Waals surface area contributed by atoms with Crippen LogP contribution in [0.4, 0.5) is 8.78 Å². The van der Waals surface area contributed by atoms with Gasteiger partial charge in [-0.3, -0.25) is 0 Å². The highest BCUT2D eigenvalue weighted by molar-refractivity contribution is 5.34. The molecular formula is C16H17F2NO. The minimum Gasteiger partial charge on any atom is -0.489 e. The third-order valence-corrected chi connectivity index (χ3v) is 3.08. The van der Waals surface area contributed by atoms with E-state index in [4.69, 9.17) is 4.74 Å². The highest BCUT2D eigenvalue weighted by atomic mass is 19.1. The second kappa shape index (κ2) is 6.48. The molecule has 0 aromatic heterocycles. The molecule has 0 spiro atoms. The summed E-state index contributed by atoms with van der Waals surface area (Å²) in [4.78, 5) is 0. The fraction of sp³-hybridized carbons (Fsp3) is 0.250. The topological polar surface area (TPSA) is 21.3 Å². The van der Waals surface area contributed by atoms with Crippen LogP contribution in [-0.4, -0.2) is 7.05 Å². The Morgan fingerprint density at radius 2 is 1.70 bits per heavy atom. The molecule has 0 saturated heterocycles. The van der Waals surface area contributed by atoms with Crippen LogP contribution in [0.1, 0.15) is 16.7 Å². The number of hydrogen-bond acceptors (Lipinski definition) is 2. The van der Waals surface area contributed by atoms with Crippen molar-refractivity contribution < 1.29 is 13.5 Å². The molecule has 20 heavy (non-hydrogen) atoms. The largest absolute Gasteiger partial charge is 0.489 e. The van der Waals surface area contributed by atoms with E-state index in [1.807, 2.05) is 6.92 Å². The number of aryl methyl sites for hydroxylation is 1. The maximum atomic E-state index is 13.2. The molecule has 0 aliphatic heterocycles.